The molecule has 3 aromatic rings. The molecule has 0 saturated heterocycles. The Morgan fingerprint density at radius 3 is 2.50 bits per heavy atom. The van der Waals surface area contributed by atoms with E-state index in [4.69, 9.17) is 16.0 Å². The fourth-order valence-corrected chi connectivity index (χ4v) is 2.31. The highest BCUT2D eigenvalue weighted by atomic mass is 35.5. The van der Waals surface area contributed by atoms with Gasteiger partial charge in [0.15, 0.2) is 0 Å². The van der Waals surface area contributed by atoms with Crippen molar-refractivity contribution in [2.24, 2.45) is 0 Å². The van der Waals surface area contributed by atoms with Gasteiger partial charge in [-0.25, -0.2) is 4.98 Å². The van der Waals surface area contributed by atoms with Crippen molar-refractivity contribution < 1.29 is 22.3 Å². The number of hydrogen-bond acceptors (Lipinski definition) is 5. The zero-order valence-electron chi connectivity index (χ0n) is 12.1. The standard InChI is InChI=1S/C15H9ClF3N3O2/c1-8-6-9(7-12(16)20-8)13-21-22-14(23-13)10-4-2-3-5-11(10)24-15(17,18)19/h2-7H,1H3. The molecule has 0 bridgehead atoms. The summed E-state index contributed by atoms with van der Waals surface area (Å²) in [5.41, 5.74) is 1.18. The van der Waals surface area contributed by atoms with Crippen LogP contribution in [0.2, 0.25) is 5.15 Å². The van der Waals surface area contributed by atoms with Crippen molar-refractivity contribution in [2.75, 3.05) is 0 Å². The van der Waals surface area contributed by atoms with Crippen LogP contribution >= 0.6 is 11.6 Å². The van der Waals surface area contributed by atoms with Crippen LogP contribution < -0.4 is 4.74 Å². The maximum Gasteiger partial charge on any atom is 0.573 e. The SMILES string of the molecule is Cc1cc(-c2nnc(-c3ccccc3OC(F)(F)F)o2)cc(Cl)n1. The molecule has 0 fully saturated rings. The van der Waals surface area contributed by atoms with Crippen molar-refractivity contribution in [3.05, 3.63) is 47.2 Å². The zero-order chi connectivity index (χ0) is 17.3. The van der Waals surface area contributed by atoms with Gasteiger partial charge in [-0.2, -0.15) is 0 Å². The highest BCUT2D eigenvalue weighted by Gasteiger charge is 2.32. The maximum absolute atomic E-state index is 12.5. The van der Waals surface area contributed by atoms with E-state index < -0.39 is 12.1 Å². The predicted octanol–water partition coefficient (Wildman–Crippen LogP) is 4.66. The van der Waals surface area contributed by atoms with Gasteiger partial charge in [0.25, 0.3) is 5.89 Å². The zero-order valence-corrected chi connectivity index (χ0v) is 12.9. The minimum absolute atomic E-state index is 0.0328. The number of aromatic nitrogens is 3. The van der Waals surface area contributed by atoms with Crippen LogP contribution in [0.15, 0.2) is 40.8 Å². The molecular weight excluding hydrogens is 347 g/mol. The smallest absolute Gasteiger partial charge is 0.416 e. The first-order chi connectivity index (χ1) is 11.3. The number of pyridine rings is 1. The lowest BCUT2D eigenvalue weighted by atomic mass is 10.2. The maximum atomic E-state index is 12.5. The van der Waals surface area contributed by atoms with Gasteiger partial charge in [-0.05, 0) is 31.2 Å². The van der Waals surface area contributed by atoms with E-state index in [1.165, 1.54) is 30.3 Å². The van der Waals surface area contributed by atoms with E-state index in [-0.39, 0.29) is 22.5 Å². The van der Waals surface area contributed by atoms with Gasteiger partial charge in [0.05, 0.1) is 5.56 Å². The molecule has 1 aromatic carbocycles. The van der Waals surface area contributed by atoms with Gasteiger partial charge >= 0.3 is 6.36 Å². The first kappa shape index (κ1) is 16.3. The Morgan fingerprint density at radius 1 is 1.08 bits per heavy atom. The third-order valence-corrected chi connectivity index (χ3v) is 3.13. The summed E-state index contributed by atoms with van der Waals surface area (Å²) in [7, 11) is 0. The minimum atomic E-state index is -4.82. The molecule has 9 heteroatoms. The Balaban J connectivity index is 2.00. The van der Waals surface area contributed by atoms with E-state index in [1.807, 2.05) is 0 Å². The molecular formula is C15H9ClF3N3O2. The van der Waals surface area contributed by atoms with Gasteiger partial charge in [0.1, 0.15) is 10.9 Å². The molecule has 0 radical (unpaired) electrons. The van der Waals surface area contributed by atoms with Crippen LogP contribution in [0.5, 0.6) is 5.75 Å². The summed E-state index contributed by atoms with van der Waals surface area (Å²) in [4.78, 5) is 4.01. The van der Waals surface area contributed by atoms with E-state index in [0.29, 0.717) is 11.3 Å². The number of halogens is 4. The monoisotopic (exact) mass is 355 g/mol. The van der Waals surface area contributed by atoms with Crippen molar-refractivity contribution in [1.29, 1.82) is 0 Å². The van der Waals surface area contributed by atoms with Crippen molar-refractivity contribution >= 4 is 11.6 Å². The number of rotatable bonds is 3. The number of benzene rings is 1. The molecule has 0 aliphatic rings. The predicted molar refractivity (Wildman–Crippen MR) is 79.4 cm³/mol. The molecule has 2 heterocycles. The number of ether oxygens (including phenoxy) is 1. The number of alkyl halides is 3. The third-order valence-electron chi connectivity index (χ3n) is 2.94. The van der Waals surface area contributed by atoms with Crippen LogP contribution in [-0.4, -0.2) is 21.5 Å². The Bertz CT molecular complexity index is 860. The van der Waals surface area contributed by atoms with Crippen LogP contribution in [0.25, 0.3) is 22.9 Å². The third kappa shape index (κ3) is 3.65. The normalized spacial score (nSPS) is 11.5. The summed E-state index contributed by atoms with van der Waals surface area (Å²) >= 11 is 5.88. The molecule has 0 saturated carbocycles. The van der Waals surface area contributed by atoms with Gasteiger partial charge in [-0.1, -0.05) is 23.7 Å². The Labute approximate surface area is 139 Å². The van der Waals surface area contributed by atoms with Crippen molar-refractivity contribution in [3.63, 3.8) is 0 Å². The van der Waals surface area contributed by atoms with Crippen LogP contribution in [0.3, 0.4) is 0 Å². The first-order valence-corrected chi connectivity index (χ1v) is 7.03. The lowest BCUT2D eigenvalue weighted by Gasteiger charge is -2.10. The van der Waals surface area contributed by atoms with E-state index in [2.05, 4.69) is 19.9 Å². The van der Waals surface area contributed by atoms with Crippen molar-refractivity contribution in [2.45, 2.75) is 13.3 Å². The second kappa shape index (κ2) is 6.12. The van der Waals surface area contributed by atoms with Gasteiger partial charge in [-0.3, -0.25) is 0 Å². The van der Waals surface area contributed by atoms with Crippen LogP contribution in [-0.2, 0) is 0 Å². The molecule has 0 unspecified atom stereocenters. The largest absolute Gasteiger partial charge is 0.573 e. The number of hydrogen-bond donors (Lipinski definition) is 0. The van der Waals surface area contributed by atoms with Gasteiger partial charge in [0.2, 0.25) is 5.89 Å². The van der Waals surface area contributed by atoms with Gasteiger partial charge in [-0.15, -0.1) is 23.4 Å². The van der Waals surface area contributed by atoms with E-state index in [9.17, 15) is 13.2 Å². The second-order valence-corrected chi connectivity index (χ2v) is 5.16. The van der Waals surface area contributed by atoms with E-state index in [0.717, 1.165) is 0 Å². The second-order valence-electron chi connectivity index (χ2n) is 4.78. The quantitative estimate of drug-likeness (QED) is 0.639. The highest BCUT2D eigenvalue weighted by molar-refractivity contribution is 6.29. The molecule has 0 aliphatic heterocycles. The van der Waals surface area contributed by atoms with E-state index in [1.54, 1.807) is 13.0 Å². The summed E-state index contributed by atoms with van der Waals surface area (Å²) in [5.74, 6) is -0.418. The van der Waals surface area contributed by atoms with Gasteiger partial charge < -0.3 is 9.15 Å². The summed E-state index contributed by atoms with van der Waals surface area (Å²) in [6, 6.07) is 8.69. The lowest BCUT2D eigenvalue weighted by molar-refractivity contribution is -0.274. The molecule has 24 heavy (non-hydrogen) atoms. The molecule has 0 aliphatic carbocycles. The number of aryl methyl sites for hydroxylation is 1. The molecule has 3 rings (SSSR count). The van der Waals surface area contributed by atoms with E-state index >= 15 is 0 Å². The van der Waals surface area contributed by atoms with Crippen molar-refractivity contribution in [1.82, 2.24) is 15.2 Å². The van der Waals surface area contributed by atoms with Crippen LogP contribution in [0, 0.1) is 6.92 Å². The van der Waals surface area contributed by atoms with Gasteiger partial charge in [0, 0.05) is 11.3 Å². The van der Waals surface area contributed by atoms with Crippen LogP contribution in [0.4, 0.5) is 13.2 Å². The average Bonchev–Trinajstić information content (AvgIpc) is 2.95. The topological polar surface area (TPSA) is 61.0 Å². The summed E-state index contributed by atoms with van der Waals surface area (Å²) < 4.78 is 46.9. The molecule has 2 aromatic heterocycles. The number of para-hydroxylation sites is 1. The summed E-state index contributed by atoms with van der Waals surface area (Å²) in [6.45, 7) is 1.74. The Morgan fingerprint density at radius 2 is 1.79 bits per heavy atom. The average molecular weight is 356 g/mol. The molecule has 0 atom stereocenters. The summed E-state index contributed by atoms with van der Waals surface area (Å²) in [5, 5.41) is 7.87. The lowest BCUT2D eigenvalue weighted by Crippen LogP contribution is -2.17. The number of nitrogens with zero attached hydrogens (tertiary/aromatic N) is 3. The first-order valence-electron chi connectivity index (χ1n) is 6.65. The fourth-order valence-electron chi connectivity index (χ4n) is 2.06. The Kier molecular flexibility index (Phi) is 4.15. The molecule has 0 N–H and O–H groups in total. The fraction of sp³-hybridized carbons (Fsp3) is 0.133. The minimum Gasteiger partial charge on any atom is -0.416 e. The Hall–Kier alpha value is -2.61. The highest BCUT2D eigenvalue weighted by Crippen LogP contribution is 2.34. The van der Waals surface area contributed by atoms with Crippen molar-refractivity contribution in [3.8, 4) is 28.7 Å². The summed E-state index contributed by atoms with van der Waals surface area (Å²) in [6.07, 6.45) is -4.82. The van der Waals surface area contributed by atoms with Crippen LogP contribution in [0.1, 0.15) is 5.69 Å². The molecule has 0 spiro atoms. The molecule has 0 amide bonds. The molecule has 5 nitrogen and oxygen atoms in total. The molecule has 124 valence electrons.